The van der Waals surface area contributed by atoms with Gasteiger partial charge in [0, 0.05) is 26.8 Å². The van der Waals surface area contributed by atoms with Crippen LogP contribution in [0.4, 0.5) is 0 Å². The van der Waals surface area contributed by atoms with E-state index < -0.39 is 11.2 Å². The predicted molar refractivity (Wildman–Crippen MR) is 193 cm³/mol. The average Bonchev–Trinajstić information content (AvgIpc) is 3.10. The van der Waals surface area contributed by atoms with Crippen molar-refractivity contribution in [2.75, 3.05) is 93.5 Å². The molecule has 2 aromatic rings. The van der Waals surface area contributed by atoms with Crippen LogP contribution in [0.2, 0.25) is 0 Å². The van der Waals surface area contributed by atoms with Gasteiger partial charge in [-0.05, 0) is 60.7 Å². The monoisotopic (exact) mass is 712 g/mol. The van der Waals surface area contributed by atoms with E-state index in [9.17, 15) is 9.59 Å². The van der Waals surface area contributed by atoms with E-state index in [1.807, 2.05) is 30.5 Å². The maximum Gasteiger partial charge on any atom is 0.352 e. The van der Waals surface area contributed by atoms with Gasteiger partial charge in [0.25, 0.3) is 5.56 Å². The first-order chi connectivity index (χ1) is 24.7. The van der Waals surface area contributed by atoms with Crippen LogP contribution in [0.1, 0.15) is 30.5 Å². The van der Waals surface area contributed by atoms with Crippen LogP contribution >= 0.6 is 0 Å². The van der Waals surface area contributed by atoms with E-state index in [0.717, 1.165) is 21.2 Å². The molecule has 2 aromatic carbocycles. The maximum absolute atomic E-state index is 14.0. The van der Waals surface area contributed by atoms with Gasteiger partial charge in [0.15, 0.2) is 11.5 Å². The van der Waals surface area contributed by atoms with Gasteiger partial charge in [-0.15, -0.1) is 0 Å². The molecule has 14 nitrogen and oxygen atoms in total. The smallest absolute Gasteiger partial charge is 0.352 e. The average molecular weight is 713 g/mol. The molecule has 0 N–H and O–H groups in total. The minimum atomic E-state index is -0.661. The van der Waals surface area contributed by atoms with Crippen molar-refractivity contribution >= 4 is 11.0 Å². The third-order valence-electron chi connectivity index (χ3n) is 7.89. The molecule has 0 bridgehead atoms. The molecule has 51 heavy (non-hydrogen) atoms. The first-order valence-corrected chi connectivity index (χ1v) is 17.3. The van der Waals surface area contributed by atoms with Crippen LogP contribution in [0, 0.1) is 19.8 Å². The summed E-state index contributed by atoms with van der Waals surface area (Å²) in [4.78, 5) is 36.6. The topological polar surface area (TPSA) is 144 Å². The Labute approximate surface area is 298 Å². The number of fused-ring (bicyclic) bond motifs is 2. The SMILES string of the molecule is COCCOCCOCCOc1cc(Cn2c(=O)nc3n(CC(C)C)c4cc(C)c(C)cc4nc-3c2=O)cc(OCCOCCOCCOC)c1. The van der Waals surface area contributed by atoms with Gasteiger partial charge >= 0.3 is 5.69 Å². The minimum Gasteiger partial charge on any atom is -0.491 e. The Bertz CT molecular complexity index is 1720. The van der Waals surface area contributed by atoms with Crippen molar-refractivity contribution in [3.8, 4) is 23.0 Å². The Morgan fingerprint density at radius 3 is 1.67 bits per heavy atom. The summed E-state index contributed by atoms with van der Waals surface area (Å²) in [5.41, 5.74) is 3.24. The zero-order valence-electron chi connectivity index (χ0n) is 30.7. The number of rotatable bonds is 24. The molecule has 0 radical (unpaired) electrons. The summed E-state index contributed by atoms with van der Waals surface area (Å²) in [7, 11) is 3.25. The van der Waals surface area contributed by atoms with Crippen molar-refractivity contribution in [3.63, 3.8) is 0 Å². The second-order valence-corrected chi connectivity index (χ2v) is 12.4. The lowest BCUT2D eigenvalue weighted by atomic mass is 10.1. The summed E-state index contributed by atoms with van der Waals surface area (Å²) in [6.07, 6.45) is 0. The Kier molecular flexibility index (Phi) is 16.3. The maximum atomic E-state index is 14.0. The fourth-order valence-corrected chi connectivity index (χ4v) is 5.25. The normalized spacial score (nSPS) is 11.7. The molecule has 0 spiro atoms. The van der Waals surface area contributed by atoms with Crippen molar-refractivity contribution in [2.45, 2.75) is 40.8 Å². The fraction of sp³-hybridized carbons (Fsp3) is 0.568. The van der Waals surface area contributed by atoms with Crippen molar-refractivity contribution < 1.29 is 37.9 Å². The number of aryl methyl sites for hydroxylation is 2. The predicted octanol–water partition coefficient (Wildman–Crippen LogP) is 3.50. The largest absolute Gasteiger partial charge is 0.491 e. The van der Waals surface area contributed by atoms with Crippen LogP contribution in [-0.4, -0.2) is 113 Å². The Morgan fingerprint density at radius 1 is 0.627 bits per heavy atom. The summed E-state index contributed by atoms with van der Waals surface area (Å²) < 4.78 is 47.0. The first kappa shape index (κ1) is 39.9. The van der Waals surface area contributed by atoms with E-state index in [-0.39, 0.29) is 37.2 Å². The number of aromatic nitrogens is 4. The molecular formula is C37H52N4O10. The van der Waals surface area contributed by atoms with E-state index in [1.165, 1.54) is 0 Å². The molecule has 0 unspecified atom stereocenters. The molecule has 0 saturated heterocycles. The number of nitrogens with zero attached hydrogens (tertiary/aromatic N) is 4. The van der Waals surface area contributed by atoms with Gasteiger partial charge < -0.3 is 42.5 Å². The van der Waals surface area contributed by atoms with Crippen molar-refractivity contribution in [1.82, 2.24) is 19.1 Å². The van der Waals surface area contributed by atoms with E-state index in [4.69, 9.17) is 42.9 Å². The number of benzene rings is 2. The quantitative estimate of drug-likeness (QED) is 0.0775. The van der Waals surface area contributed by atoms with Gasteiger partial charge in [0.2, 0.25) is 0 Å². The molecule has 0 aliphatic carbocycles. The summed E-state index contributed by atoms with van der Waals surface area (Å²) in [5, 5.41) is 0. The zero-order chi connectivity index (χ0) is 36.6. The fourth-order valence-electron chi connectivity index (χ4n) is 5.25. The van der Waals surface area contributed by atoms with Crippen LogP contribution < -0.4 is 20.7 Å². The molecule has 0 fully saturated rings. The van der Waals surface area contributed by atoms with Gasteiger partial charge in [-0.2, -0.15) is 4.98 Å². The van der Waals surface area contributed by atoms with E-state index >= 15 is 0 Å². The Hall–Kier alpha value is -3.92. The van der Waals surface area contributed by atoms with E-state index in [2.05, 4.69) is 18.8 Å². The molecule has 4 rings (SSSR count). The molecule has 0 aromatic heterocycles. The molecule has 0 saturated carbocycles. The van der Waals surface area contributed by atoms with Crippen molar-refractivity contribution in [2.24, 2.45) is 5.92 Å². The number of hydrogen-bond acceptors (Lipinski definition) is 12. The summed E-state index contributed by atoms with van der Waals surface area (Å²) in [6, 6.07) is 9.29. The Balaban J connectivity index is 1.54. The summed E-state index contributed by atoms with van der Waals surface area (Å²) >= 11 is 0. The first-order valence-electron chi connectivity index (χ1n) is 17.3. The lowest BCUT2D eigenvalue weighted by Crippen LogP contribution is -2.39. The highest BCUT2D eigenvalue weighted by Gasteiger charge is 2.23. The van der Waals surface area contributed by atoms with Crippen LogP contribution in [0.3, 0.4) is 0 Å². The van der Waals surface area contributed by atoms with Crippen LogP contribution in [0.15, 0.2) is 39.9 Å². The molecule has 280 valence electrons. The second-order valence-electron chi connectivity index (χ2n) is 12.4. The molecule has 2 aliphatic rings. The number of ether oxygens (including phenoxy) is 8. The number of methoxy groups -OCH3 is 2. The molecular weight excluding hydrogens is 660 g/mol. The lowest BCUT2D eigenvalue weighted by molar-refractivity contribution is 0.0174. The highest BCUT2D eigenvalue weighted by molar-refractivity contribution is 5.81. The minimum absolute atomic E-state index is 0.0599. The molecule has 14 heteroatoms. The molecule has 2 heterocycles. The van der Waals surface area contributed by atoms with Crippen LogP contribution in [0.25, 0.3) is 22.6 Å². The van der Waals surface area contributed by atoms with Crippen LogP contribution in [-0.2, 0) is 41.5 Å². The number of hydrogen-bond donors (Lipinski definition) is 0. The van der Waals surface area contributed by atoms with E-state index in [1.54, 1.807) is 32.4 Å². The van der Waals surface area contributed by atoms with Gasteiger partial charge in [-0.25, -0.2) is 9.78 Å². The lowest BCUT2D eigenvalue weighted by Gasteiger charge is -2.20. The Morgan fingerprint density at radius 2 is 1.14 bits per heavy atom. The zero-order valence-corrected chi connectivity index (χ0v) is 30.7. The summed E-state index contributed by atoms with van der Waals surface area (Å²) in [5.74, 6) is 1.51. The van der Waals surface area contributed by atoms with Crippen molar-refractivity contribution in [1.29, 1.82) is 0 Å². The molecule has 2 aliphatic heterocycles. The second kappa shape index (κ2) is 20.8. The van der Waals surface area contributed by atoms with Crippen molar-refractivity contribution in [3.05, 3.63) is 67.9 Å². The molecule has 0 atom stereocenters. The van der Waals surface area contributed by atoms with Gasteiger partial charge in [0.05, 0.1) is 83.6 Å². The highest BCUT2D eigenvalue weighted by atomic mass is 16.6. The standard InChI is InChI=1S/C37H52N4O10/c1-26(2)24-40-33-20-28(4)27(3)19-32(33)38-34-35(40)39-37(43)41(36(34)42)25-29-21-30(50-17-15-48-13-11-46-9-7-44-5)23-31(22-29)51-18-16-49-14-12-47-10-8-45-6/h19-23,26H,7-18,24-25H2,1-6H3. The molecule has 0 amide bonds. The van der Waals surface area contributed by atoms with Gasteiger partial charge in [0.1, 0.15) is 24.7 Å². The van der Waals surface area contributed by atoms with Gasteiger partial charge in [-0.1, -0.05) is 13.8 Å². The van der Waals surface area contributed by atoms with Crippen LogP contribution in [0.5, 0.6) is 11.5 Å². The summed E-state index contributed by atoms with van der Waals surface area (Å²) in [6.45, 7) is 13.7. The highest BCUT2D eigenvalue weighted by Crippen LogP contribution is 2.26. The van der Waals surface area contributed by atoms with Gasteiger partial charge in [-0.3, -0.25) is 9.36 Å². The third-order valence-corrected chi connectivity index (χ3v) is 7.89. The third kappa shape index (κ3) is 12.1. The van der Waals surface area contributed by atoms with E-state index in [0.29, 0.717) is 95.2 Å².